The Labute approximate surface area is 191 Å². The zero-order valence-electron chi connectivity index (χ0n) is 18.2. The highest BCUT2D eigenvalue weighted by Crippen LogP contribution is 2.29. The number of ether oxygens (including phenoxy) is 1. The van der Waals surface area contributed by atoms with Crippen molar-refractivity contribution in [1.29, 1.82) is 0 Å². The number of nitrogens with zero attached hydrogens (tertiary/aromatic N) is 4. The van der Waals surface area contributed by atoms with Crippen LogP contribution in [-0.2, 0) is 10.9 Å². The van der Waals surface area contributed by atoms with Crippen LogP contribution in [0.15, 0.2) is 33.3 Å². The molecule has 2 aromatic heterocycles. The number of morpholine rings is 1. The number of benzene rings is 1. The lowest BCUT2D eigenvalue weighted by Gasteiger charge is -2.35. The van der Waals surface area contributed by atoms with Gasteiger partial charge in [-0.15, -0.1) is 0 Å². The molecule has 1 aliphatic rings. The van der Waals surface area contributed by atoms with Crippen LogP contribution in [0.3, 0.4) is 0 Å². The first-order chi connectivity index (χ1) is 16.1. The third-order valence-corrected chi connectivity index (χ3v) is 5.31. The van der Waals surface area contributed by atoms with Crippen molar-refractivity contribution in [3.05, 3.63) is 52.7 Å². The largest absolute Gasteiger partial charge is 0.471 e. The maximum absolute atomic E-state index is 13.0. The van der Waals surface area contributed by atoms with Gasteiger partial charge in [-0.1, -0.05) is 22.4 Å². The summed E-state index contributed by atoms with van der Waals surface area (Å²) >= 11 is 0. The molecule has 0 bridgehead atoms. The second-order valence-electron chi connectivity index (χ2n) is 7.63. The van der Waals surface area contributed by atoms with Crippen LogP contribution in [0.2, 0.25) is 0 Å². The van der Waals surface area contributed by atoms with Crippen molar-refractivity contribution in [2.24, 2.45) is 0 Å². The van der Waals surface area contributed by atoms with Gasteiger partial charge in [0.25, 0.3) is 11.8 Å². The van der Waals surface area contributed by atoms with Gasteiger partial charge in [-0.3, -0.25) is 9.59 Å². The number of nitrogens with one attached hydrogen (secondary N) is 1. The van der Waals surface area contributed by atoms with E-state index >= 15 is 0 Å². The molecule has 0 saturated carbocycles. The number of amides is 2. The molecule has 0 aliphatic carbocycles. The van der Waals surface area contributed by atoms with Crippen molar-refractivity contribution in [3.8, 4) is 11.4 Å². The first-order valence-corrected chi connectivity index (χ1v) is 10.3. The summed E-state index contributed by atoms with van der Waals surface area (Å²) in [6, 6.07) is 5.28. The van der Waals surface area contributed by atoms with Crippen molar-refractivity contribution in [1.82, 2.24) is 25.5 Å². The van der Waals surface area contributed by atoms with Crippen molar-refractivity contribution in [3.63, 3.8) is 0 Å². The fraction of sp³-hybridized carbons (Fsp3) is 0.381. The summed E-state index contributed by atoms with van der Waals surface area (Å²) in [5.74, 6) is -1.95. The molecule has 1 fully saturated rings. The Hall–Kier alpha value is -3.74. The maximum atomic E-state index is 13.0. The van der Waals surface area contributed by atoms with E-state index in [4.69, 9.17) is 9.26 Å². The monoisotopic (exact) mass is 479 g/mol. The first-order valence-electron chi connectivity index (χ1n) is 10.3. The Balaban J connectivity index is 1.40. The average Bonchev–Trinajstić information content (AvgIpc) is 3.44. The lowest BCUT2D eigenvalue weighted by Crippen LogP contribution is -2.53. The highest BCUT2D eigenvalue weighted by atomic mass is 19.4. The number of alkyl halides is 3. The van der Waals surface area contributed by atoms with E-state index in [1.54, 1.807) is 18.7 Å². The van der Waals surface area contributed by atoms with Crippen LogP contribution in [0, 0.1) is 13.8 Å². The Morgan fingerprint density at radius 2 is 1.88 bits per heavy atom. The van der Waals surface area contributed by atoms with Gasteiger partial charge in [-0.25, -0.2) is 0 Å². The molecule has 4 rings (SSSR count). The van der Waals surface area contributed by atoms with Crippen molar-refractivity contribution >= 4 is 11.8 Å². The molecule has 0 spiro atoms. The van der Waals surface area contributed by atoms with Gasteiger partial charge < -0.3 is 24.0 Å². The average molecular weight is 479 g/mol. The second-order valence-corrected chi connectivity index (χ2v) is 7.63. The lowest BCUT2D eigenvalue weighted by molar-refractivity contribution is -0.159. The predicted molar refractivity (Wildman–Crippen MR) is 109 cm³/mol. The number of halogens is 3. The predicted octanol–water partition coefficient (Wildman–Crippen LogP) is 2.63. The maximum Gasteiger partial charge on any atom is 0.471 e. The summed E-state index contributed by atoms with van der Waals surface area (Å²) in [7, 11) is 0. The molecule has 2 amide bonds. The van der Waals surface area contributed by atoms with E-state index in [9.17, 15) is 22.8 Å². The van der Waals surface area contributed by atoms with Crippen molar-refractivity contribution in [2.75, 3.05) is 26.3 Å². The SMILES string of the molecule is Cc1noc(C)c1C(=O)N1CCOC[C@@H]1CNC(=O)c1ccc(-c2noc(C(F)(F)F)n2)cc1. The first kappa shape index (κ1) is 23.4. The van der Waals surface area contributed by atoms with Crippen LogP contribution < -0.4 is 5.32 Å². The van der Waals surface area contributed by atoms with E-state index in [-0.39, 0.29) is 36.0 Å². The molecule has 34 heavy (non-hydrogen) atoms. The van der Waals surface area contributed by atoms with Crippen LogP contribution in [0.4, 0.5) is 13.2 Å². The van der Waals surface area contributed by atoms with Crippen molar-refractivity contribution < 1.29 is 36.5 Å². The molecule has 3 aromatic rings. The molecule has 1 aliphatic heterocycles. The van der Waals surface area contributed by atoms with Gasteiger partial charge >= 0.3 is 12.1 Å². The minimum absolute atomic E-state index is 0.134. The molecule has 1 aromatic carbocycles. The second kappa shape index (κ2) is 9.25. The molecule has 1 N–H and O–H groups in total. The van der Waals surface area contributed by atoms with Crippen LogP contribution in [0.5, 0.6) is 0 Å². The summed E-state index contributed by atoms with van der Waals surface area (Å²) in [5.41, 5.74) is 1.40. The smallest absolute Gasteiger partial charge is 0.377 e. The molecule has 180 valence electrons. The highest BCUT2D eigenvalue weighted by molar-refractivity contribution is 5.97. The summed E-state index contributed by atoms with van der Waals surface area (Å²) in [6.07, 6.45) is -4.74. The molecule has 0 unspecified atom stereocenters. The minimum Gasteiger partial charge on any atom is -0.377 e. The lowest BCUT2D eigenvalue weighted by atomic mass is 10.1. The van der Waals surface area contributed by atoms with Crippen molar-refractivity contribution in [2.45, 2.75) is 26.1 Å². The summed E-state index contributed by atoms with van der Waals surface area (Å²) in [4.78, 5) is 30.6. The van der Waals surface area contributed by atoms with Gasteiger partial charge in [0.2, 0.25) is 5.82 Å². The topological polar surface area (TPSA) is 124 Å². The quantitative estimate of drug-likeness (QED) is 0.593. The van der Waals surface area contributed by atoms with Crippen LogP contribution in [-0.4, -0.2) is 64.4 Å². The fourth-order valence-corrected chi connectivity index (χ4v) is 3.56. The third-order valence-electron chi connectivity index (χ3n) is 5.31. The molecule has 13 heteroatoms. The molecule has 1 saturated heterocycles. The van der Waals surface area contributed by atoms with E-state index < -0.39 is 24.0 Å². The number of hydrogen-bond donors (Lipinski definition) is 1. The number of rotatable bonds is 5. The number of carbonyl (C=O) groups excluding carboxylic acids is 2. The van der Waals surface area contributed by atoms with E-state index in [1.165, 1.54) is 24.3 Å². The van der Waals surface area contributed by atoms with E-state index in [0.29, 0.717) is 30.2 Å². The standard InChI is InChI=1S/C21H20F3N5O5/c1-11-16(12(2)33-27-11)19(31)29-7-8-32-10-15(29)9-25-18(30)14-5-3-13(4-6-14)17-26-20(34-28-17)21(22,23)24/h3-6,15H,7-10H2,1-2H3,(H,25,30)/t15-/m0/s1. The zero-order valence-corrected chi connectivity index (χ0v) is 18.2. The molecular weight excluding hydrogens is 459 g/mol. The number of carbonyl (C=O) groups is 2. The van der Waals surface area contributed by atoms with Crippen LogP contribution >= 0.6 is 0 Å². The van der Waals surface area contributed by atoms with Gasteiger partial charge in [0, 0.05) is 24.2 Å². The normalized spacial score (nSPS) is 16.5. The van der Waals surface area contributed by atoms with Crippen LogP contribution in [0.1, 0.15) is 38.1 Å². The Bertz CT molecular complexity index is 1170. The fourth-order valence-electron chi connectivity index (χ4n) is 3.56. The Morgan fingerprint density at radius 3 is 2.50 bits per heavy atom. The number of aryl methyl sites for hydroxylation is 2. The van der Waals surface area contributed by atoms with Gasteiger partial charge in [-0.2, -0.15) is 18.2 Å². The molecule has 3 heterocycles. The summed E-state index contributed by atoms with van der Waals surface area (Å²) < 4.78 is 52.7. The third kappa shape index (κ3) is 4.78. The number of hydrogen-bond acceptors (Lipinski definition) is 8. The molecular formula is C21H20F3N5O5. The van der Waals surface area contributed by atoms with E-state index in [0.717, 1.165) is 0 Å². The summed E-state index contributed by atoms with van der Waals surface area (Å²) in [6.45, 7) is 4.44. The van der Waals surface area contributed by atoms with Gasteiger partial charge in [0.1, 0.15) is 11.3 Å². The van der Waals surface area contributed by atoms with Gasteiger partial charge in [0.05, 0.1) is 24.9 Å². The molecule has 10 nitrogen and oxygen atoms in total. The van der Waals surface area contributed by atoms with E-state index in [2.05, 4.69) is 25.1 Å². The molecule has 1 atom stereocenters. The highest BCUT2D eigenvalue weighted by Gasteiger charge is 2.38. The van der Waals surface area contributed by atoms with Gasteiger partial charge in [-0.05, 0) is 26.0 Å². The Morgan fingerprint density at radius 1 is 1.15 bits per heavy atom. The van der Waals surface area contributed by atoms with E-state index in [1.807, 2.05) is 0 Å². The number of aromatic nitrogens is 3. The van der Waals surface area contributed by atoms with Crippen LogP contribution in [0.25, 0.3) is 11.4 Å². The summed E-state index contributed by atoms with van der Waals surface area (Å²) in [5, 5.41) is 9.89. The van der Waals surface area contributed by atoms with Gasteiger partial charge in [0.15, 0.2) is 0 Å². The Kier molecular flexibility index (Phi) is 6.37. The zero-order chi connectivity index (χ0) is 24.5. The minimum atomic E-state index is -4.74. The molecule has 0 radical (unpaired) electrons.